The van der Waals surface area contributed by atoms with Crippen LogP contribution in [0.5, 0.6) is 11.5 Å². The second kappa shape index (κ2) is 6.55. The third kappa shape index (κ3) is 3.42. The van der Waals surface area contributed by atoms with Gasteiger partial charge in [-0.3, -0.25) is 4.79 Å². The smallest absolute Gasteiger partial charge is 0.251 e. The van der Waals surface area contributed by atoms with E-state index in [2.05, 4.69) is 11.2 Å². The van der Waals surface area contributed by atoms with Gasteiger partial charge >= 0.3 is 0 Å². The van der Waals surface area contributed by atoms with Crippen molar-refractivity contribution in [1.82, 2.24) is 5.32 Å². The van der Waals surface area contributed by atoms with Crippen molar-refractivity contribution in [2.75, 3.05) is 7.11 Å². The summed E-state index contributed by atoms with van der Waals surface area (Å²) >= 11 is 0. The molecule has 0 aliphatic carbocycles. The lowest BCUT2D eigenvalue weighted by Crippen LogP contribution is -2.34. The minimum absolute atomic E-state index is 0.0493. The van der Waals surface area contributed by atoms with Crippen molar-refractivity contribution >= 4 is 5.91 Å². The van der Waals surface area contributed by atoms with Gasteiger partial charge in [-0.05, 0) is 24.6 Å². The van der Waals surface area contributed by atoms with Gasteiger partial charge in [0.2, 0.25) is 0 Å². The minimum Gasteiger partial charge on any atom is -0.504 e. The van der Waals surface area contributed by atoms with E-state index in [0.29, 0.717) is 17.7 Å². The summed E-state index contributed by atoms with van der Waals surface area (Å²) in [5, 5.41) is 12.4. The van der Waals surface area contributed by atoms with Crippen LogP contribution in [0.4, 0.5) is 0 Å². The average Bonchev–Trinajstić information content (AvgIpc) is 2.37. The second-order valence-corrected chi connectivity index (χ2v) is 3.87. The molecule has 4 nitrogen and oxygen atoms in total. The molecule has 0 aliphatic heterocycles. The number of carbonyl (C=O) groups is 1. The molecule has 4 heteroatoms. The number of carbonyl (C=O) groups excluding carboxylic acids is 1. The van der Waals surface area contributed by atoms with Crippen LogP contribution in [-0.2, 0) is 0 Å². The van der Waals surface area contributed by atoms with Crippen LogP contribution in [-0.4, -0.2) is 24.2 Å². The highest BCUT2D eigenvalue weighted by atomic mass is 16.5. The van der Waals surface area contributed by atoms with E-state index in [9.17, 15) is 9.90 Å². The van der Waals surface area contributed by atoms with Gasteiger partial charge in [-0.15, -0.1) is 12.3 Å². The maximum Gasteiger partial charge on any atom is 0.251 e. The molecule has 0 saturated carbocycles. The van der Waals surface area contributed by atoms with Crippen molar-refractivity contribution in [3.8, 4) is 23.8 Å². The topological polar surface area (TPSA) is 58.6 Å². The molecule has 1 unspecified atom stereocenters. The number of hydrogen-bond acceptors (Lipinski definition) is 3. The molecule has 0 heterocycles. The average molecular weight is 247 g/mol. The molecule has 0 aliphatic rings. The first-order valence-corrected chi connectivity index (χ1v) is 5.73. The lowest BCUT2D eigenvalue weighted by molar-refractivity contribution is 0.0936. The van der Waals surface area contributed by atoms with Crippen molar-refractivity contribution in [3.63, 3.8) is 0 Å². The Labute approximate surface area is 107 Å². The molecule has 1 atom stereocenters. The van der Waals surface area contributed by atoms with E-state index in [-0.39, 0.29) is 17.7 Å². The van der Waals surface area contributed by atoms with Crippen LogP contribution in [0, 0.1) is 12.3 Å². The molecular formula is C14H17NO3. The number of ether oxygens (including phenoxy) is 1. The second-order valence-electron chi connectivity index (χ2n) is 3.87. The van der Waals surface area contributed by atoms with Gasteiger partial charge in [0.05, 0.1) is 7.11 Å². The Morgan fingerprint density at radius 2 is 2.33 bits per heavy atom. The molecule has 0 saturated heterocycles. The van der Waals surface area contributed by atoms with Crippen molar-refractivity contribution in [2.24, 2.45) is 0 Å². The molecular weight excluding hydrogens is 230 g/mol. The van der Waals surface area contributed by atoms with Crippen LogP contribution >= 0.6 is 0 Å². The van der Waals surface area contributed by atoms with Gasteiger partial charge in [-0.2, -0.15) is 0 Å². The fourth-order valence-corrected chi connectivity index (χ4v) is 1.54. The summed E-state index contributed by atoms with van der Waals surface area (Å²) in [5.41, 5.74) is 0.378. The molecule has 18 heavy (non-hydrogen) atoms. The first-order chi connectivity index (χ1) is 8.62. The SMILES string of the molecule is C#CCC(CC)NC(=O)c1ccc(OC)c(O)c1. The highest BCUT2D eigenvalue weighted by molar-refractivity contribution is 5.95. The molecule has 1 rings (SSSR count). The number of rotatable bonds is 5. The Balaban J connectivity index is 2.78. The number of nitrogens with one attached hydrogen (secondary N) is 1. The molecule has 0 radical (unpaired) electrons. The number of benzene rings is 1. The van der Waals surface area contributed by atoms with Gasteiger partial charge in [0.15, 0.2) is 11.5 Å². The van der Waals surface area contributed by atoms with E-state index < -0.39 is 0 Å². The highest BCUT2D eigenvalue weighted by Crippen LogP contribution is 2.26. The summed E-state index contributed by atoms with van der Waals surface area (Å²) in [5.74, 6) is 2.54. The van der Waals surface area contributed by atoms with Gasteiger partial charge in [-0.1, -0.05) is 6.92 Å². The standard InChI is InChI=1S/C14H17NO3/c1-4-6-11(5-2)15-14(17)10-7-8-13(18-3)12(16)9-10/h1,7-9,11,16H,5-6H2,2-3H3,(H,15,17). The van der Waals surface area contributed by atoms with Crippen LogP contribution in [0.2, 0.25) is 0 Å². The Morgan fingerprint density at radius 1 is 1.61 bits per heavy atom. The number of amides is 1. The summed E-state index contributed by atoms with van der Waals surface area (Å²) in [6.07, 6.45) is 6.48. The maximum absolute atomic E-state index is 11.9. The van der Waals surface area contributed by atoms with E-state index in [0.717, 1.165) is 6.42 Å². The number of hydrogen-bond donors (Lipinski definition) is 2. The van der Waals surface area contributed by atoms with Crippen molar-refractivity contribution < 1.29 is 14.6 Å². The Morgan fingerprint density at radius 3 is 2.83 bits per heavy atom. The quantitative estimate of drug-likeness (QED) is 0.782. The van der Waals surface area contributed by atoms with E-state index in [1.807, 2.05) is 6.92 Å². The summed E-state index contributed by atoms with van der Waals surface area (Å²) in [6.45, 7) is 1.95. The van der Waals surface area contributed by atoms with Gasteiger partial charge in [-0.25, -0.2) is 0 Å². The lowest BCUT2D eigenvalue weighted by atomic mass is 10.1. The summed E-state index contributed by atoms with van der Waals surface area (Å²) in [7, 11) is 1.45. The van der Waals surface area contributed by atoms with E-state index in [4.69, 9.17) is 11.2 Å². The van der Waals surface area contributed by atoms with Crippen molar-refractivity contribution in [2.45, 2.75) is 25.8 Å². The number of terminal acetylenes is 1. The number of phenols is 1. The van der Waals surface area contributed by atoms with Crippen LogP contribution in [0.3, 0.4) is 0 Å². The maximum atomic E-state index is 11.9. The Hall–Kier alpha value is -2.15. The molecule has 0 bridgehead atoms. The molecule has 1 aromatic carbocycles. The third-order valence-electron chi connectivity index (χ3n) is 2.63. The summed E-state index contributed by atoms with van der Waals surface area (Å²) in [6, 6.07) is 4.46. The summed E-state index contributed by atoms with van der Waals surface area (Å²) < 4.78 is 4.91. The fraction of sp³-hybridized carbons (Fsp3) is 0.357. The highest BCUT2D eigenvalue weighted by Gasteiger charge is 2.13. The molecule has 96 valence electrons. The van der Waals surface area contributed by atoms with Gasteiger partial charge in [0, 0.05) is 18.0 Å². The van der Waals surface area contributed by atoms with E-state index >= 15 is 0 Å². The molecule has 1 aromatic rings. The van der Waals surface area contributed by atoms with Gasteiger partial charge in [0.1, 0.15) is 0 Å². The fourth-order valence-electron chi connectivity index (χ4n) is 1.54. The van der Waals surface area contributed by atoms with Crippen molar-refractivity contribution in [1.29, 1.82) is 0 Å². The van der Waals surface area contributed by atoms with Crippen LogP contribution in [0.1, 0.15) is 30.1 Å². The lowest BCUT2D eigenvalue weighted by Gasteiger charge is -2.14. The largest absolute Gasteiger partial charge is 0.504 e. The van der Waals surface area contributed by atoms with Gasteiger partial charge in [0.25, 0.3) is 5.91 Å². The summed E-state index contributed by atoms with van der Waals surface area (Å²) in [4.78, 5) is 11.9. The third-order valence-corrected chi connectivity index (χ3v) is 2.63. The predicted molar refractivity (Wildman–Crippen MR) is 69.7 cm³/mol. The molecule has 2 N–H and O–H groups in total. The number of methoxy groups -OCH3 is 1. The first-order valence-electron chi connectivity index (χ1n) is 5.73. The predicted octanol–water partition coefficient (Wildman–Crippen LogP) is 1.93. The Kier molecular flexibility index (Phi) is 5.06. The first kappa shape index (κ1) is 13.9. The van der Waals surface area contributed by atoms with Crippen LogP contribution in [0.15, 0.2) is 18.2 Å². The van der Waals surface area contributed by atoms with E-state index in [1.165, 1.54) is 13.2 Å². The Bertz CT molecular complexity index is 463. The molecule has 0 spiro atoms. The number of aromatic hydroxyl groups is 1. The number of phenolic OH excluding ortho intramolecular Hbond substituents is 1. The van der Waals surface area contributed by atoms with Crippen LogP contribution in [0.25, 0.3) is 0 Å². The zero-order chi connectivity index (χ0) is 13.5. The normalized spacial score (nSPS) is 11.4. The van der Waals surface area contributed by atoms with Crippen LogP contribution < -0.4 is 10.1 Å². The molecule has 0 fully saturated rings. The van der Waals surface area contributed by atoms with Crippen molar-refractivity contribution in [3.05, 3.63) is 23.8 Å². The minimum atomic E-state index is -0.255. The molecule has 1 amide bonds. The monoisotopic (exact) mass is 247 g/mol. The zero-order valence-electron chi connectivity index (χ0n) is 10.6. The van der Waals surface area contributed by atoms with E-state index in [1.54, 1.807) is 12.1 Å². The van der Waals surface area contributed by atoms with Gasteiger partial charge < -0.3 is 15.2 Å². The zero-order valence-corrected chi connectivity index (χ0v) is 10.6. The molecule has 0 aromatic heterocycles.